The Labute approximate surface area is 341 Å². The summed E-state index contributed by atoms with van der Waals surface area (Å²) in [6.07, 6.45) is 2.38. The van der Waals surface area contributed by atoms with Crippen LogP contribution in [-0.4, -0.2) is 57.7 Å². The van der Waals surface area contributed by atoms with Gasteiger partial charge in [-0.2, -0.15) is 0 Å². The van der Waals surface area contributed by atoms with Crippen molar-refractivity contribution in [3.05, 3.63) is 112 Å². The quantitative estimate of drug-likeness (QED) is 0.165. The fourth-order valence-corrected chi connectivity index (χ4v) is 9.91. The summed E-state index contributed by atoms with van der Waals surface area (Å²) in [7, 11) is 0. The van der Waals surface area contributed by atoms with E-state index in [2.05, 4.69) is 45.4 Å². The van der Waals surface area contributed by atoms with E-state index in [0.717, 1.165) is 36.0 Å². The summed E-state index contributed by atoms with van der Waals surface area (Å²) in [4.78, 5) is 30.4. The lowest BCUT2D eigenvalue weighted by Crippen LogP contribution is -2.54. The van der Waals surface area contributed by atoms with Crippen molar-refractivity contribution in [1.29, 1.82) is 0 Å². The smallest absolute Gasteiger partial charge is 0.446 e. The number of benzene rings is 3. The number of allylic oxidation sites excluding steroid dienone is 2. The van der Waals surface area contributed by atoms with Crippen LogP contribution in [0, 0.1) is 23.2 Å². The second-order valence-electron chi connectivity index (χ2n) is 17.9. The molecule has 1 amide bonds. The van der Waals surface area contributed by atoms with Crippen LogP contribution in [-0.2, 0) is 17.7 Å². The number of ketones is 1. The Morgan fingerprint density at radius 3 is 2.38 bits per heavy atom. The van der Waals surface area contributed by atoms with Gasteiger partial charge in [0.1, 0.15) is 11.9 Å². The zero-order chi connectivity index (χ0) is 41.8. The van der Waals surface area contributed by atoms with Crippen molar-refractivity contribution < 1.29 is 42.4 Å². The molecule has 3 aromatic carbocycles. The maximum absolute atomic E-state index is 14.5. The van der Waals surface area contributed by atoms with Crippen LogP contribution < -0.4 is 4.74 Å². The lowest BCUT2D eigenvalue weighted by Gasteiger charge is -2.46. The predicted octanol–water partition coefficient (Wildman–Crippen LogP) is 11.0. The number of carbonyl (C=O) groups excluding carboxylic acids is 2. The van der Waals surface area contributed by atoms with E-state index >= 15 is 0 Å². The van der Waals surface area contributed by atoms with Crippen LogP contribution >= 0.6 is 0 Å². The van der Waals surface area contributed by atoms with Gasteiger partial charge in [-0.05, 0) is 123 Å². The molecule has 7 atom stereocenters. The lowest BCUT2D eigenvalue weighted by atomic mass is 9.64. The molecular weight excluding hydrogens is 744 g/mol. The van der Waals surface area contributed by atoms with E-state index in [0.29, 0.717) is 73.5 Å². The summed E-state index contributed by atoms with van der Waals surface area (Å²) >= 11 is 0. The van der Waals surface area contributed by atoms with E-state index in [1.807, 2.05) is 36.4 Å². The molecule has 7 rings (SSSR count). The highest BCUT2D eigenvalue weighted by Gasteiger charge is 2.58. The van der Waals surface area contributed by atoms with Gasteiger partial charge in [0.05, 0.1) is 18.2 Å². The van der Waals surface area contributed by atoms with E-state index in [4.69, 9.17) is 4.74 Å². The Morgan fingerprint density at radius 1 is 0.966 bits per heavy atom. The zero-order valence-corrected chi connectivity index (χ0v) is 34.6. The minimum absolute atomic E-state index is 0.00339. The van der Waals surface area contributed by atoms with Crippen LogP contribution in [0.1, 0.15) is 131 Å². The average Bonchev–Trinajstić information content (AvgIpc) is 3.42. The molecule has 2 bridgehead atoms. The monoisotopic (exact) mass is 803 g/mol. The number of amides is 1. The van der Waals surface area contributed by atoms with Crippen molar-refractivity contribution in [1.82, 2.24) is 4.90 Å². The molecule has 314 valence electrons. The van der Waals surface area contributed by atoms with Gasteiger partial charge >= 0.3 is 12.5 Å². The van der Waals surface area contributed by atoms with Crippen LogP contribution in [0.2, 0.25) is 0 Å². The molecule has 0 spiro atoms. The van der Waals surface area contributed by atoms with Crippen LogP contribution in [0.3, 0.4) is 0 Å². The maximum Gasteiger partial charge on any atom is 0.573 e. The Kier molecular flexibility index (Phi) is 13.5. The van der Waals surface area contributed by atoms with Crippen molar-refractivity contribution in [3.8, 4) is 5.75 Å². The highest BCUT2D eigenvalue weighted by molar-refractivity contribution is 6.10. The minimum Gasteiger partial charge on any atom is -0.446 e. The van der Waals surface area contributed by atoms with Gasteiger partial charge in [-0.3, -0.25) is 4.79 Å². The second-order valence-corrected chi connectivity index (χ2v) is 17.9. The summed E-state index contributed by atoms with van der Waals surface area (Å²) < 4.78 is 49.5. The number of ether oxygens (including phenoxy) is 2. The zero-order valence-electron chi connectivity index (χ0n) is 34.6. The van der Waals surface area contributed by atoms with E-state index in [1.165, 1.54) is 29.2 Å². The van der Waals surface area contributed by atoms with Crippen LogP contribution in [0.15, 0.2) is 84.4 Å². The summed E-state index contributed by atoms with van der Waals surface area (Å²) in [6, 6.07) is 20.5. The van der Waals surface area contributed by atoms with Crippen LogP contribution in [0.4, 0.5) is 18.0 Å². The fraction of sp³-hybridized carbons (Fsp3) is 0.542. The van der Waals surface area contributed by atoms with Gasteiger partial charge in [0.25, 0.3) is 0 Å². The van der Waals surface area contributed by atoms with Crippen molar-refractivity contribution in [2.24, 2.45) is 23.2 Å². The third-order valence-electron chi connectivity index (χ3n) is 13.4. The Bertz CT molecular complexity index is 1910. The average molecular weight is 804 g/mol. The molecule has 0 heterocycles. The lowest BCUT2D eigenvalue weighted by molar-refractivity contribution is -0.274. The molecule has 58 heavy (non-hydrogen) atoms. The van der Waals surface area contributed by atoms with Crippen LogP contribution in [0.25, 0.3) is 0 Å². The first-order chi connectivity index (χ1) is 27.4. The number of aliphatic hydroxyl groups excluding tert-OH is 1. The Hall–Kier alpha value is -4.15. The second kappa shape index (κ2) is 18.0. The molecular formula is C48H60F3NO6. The van der Waals surface area contributed by atoms with Crippen molar-refractivity contribution in [2.45, 2.75) is 135 Å². The minimum atomic E-state index is -4.84. The molecule has 10 heteroatoms. The molecule has 2 fully saturated rings. The molecule has 3 aromatic rings. The normalized spacial score (nSPS) is 28.0. The van der Waals surface area contributed by atoms with E-state index in [9.17, 15) is 33.0 Å². The van der Waals surface area contributed by atoms with Crippen molar-refractivity contribution >= 4 is 11.9 Å². The number of fused-ring (bicyclic) bond motifs is 8. The first-order valence-electron chi connectivity index (χ1n) is 21.0. The standard InChI is InChI=1S/C48H60F3NO6/c1-31(2)39-21-14-33(4)26-43(39)57-45(55)52(29-34-15-19-38(20-16-34)58-48(49,50)51)30-47(56)25-23-42-40-22-17-35(28-41(40)44(54)36-11-7-6-8-12-36)27-37(53)18-13-32(3)10-9-24-46(42,47)5/h6-8,10-12,15-17,19-20,22,28,31,33,37,39,42-43,53,56H,9,13-14,18,21,23-27,29-30H2,1-5H3/t33-,37-,39+,42-,43-,46-,47+/m0/s1. The fourth-order valence-electron chi connectivity index (χ4n) is 9.91. The van der Waals surface area contributed by atoms with Gasteiger partial charge in [0.15, 0.2) is 5.78 Å². The van der Waals surface area contributed by atoms with Gasteiger partial charge in [-0.15, -0.1) is 13.2 Å². The molecule has 0 saturated heterocycles. The molecule has 4 aliphatic carbocycles. The largest absolute Gasteiger partial charge is 0.573 e. The third kappa shape index (κ3) is 10.2. The third-order valence-corrected chi connectivity index (χ3v) is 13.4. The number of hydrogen-bond donors (Lipinski definition) is 2. The number of aliphatic hydroxyl groups is 2. The predicted molar refractivity (Wildman–Crippen MR) is 218 cm³/mol. The number of halogens is 3. The van der Waals surface area contributed by atoms with Crippen molar-refractivity contribution in [3.63, 3.8) is 0 Å². The van der Waals surface area contributed by atoms with Crippen molar-refractivity contribution in [2.75, 3.05) is 6.54 Å². The number of hydrogen-bond acceptors (Lipinski definition) is 6. The first-order valence-corrected chi connectivity index (χ1v) is 21.0. The van der Waals surface area contributed by atoms with Crippen LogP contribution in [0.5, 0.6) is 5.75 Å². The summed E-state index contributed by atoms with van der Waals surface area (Å²) in [6.45, 7) is 10.5. The SMILES string of the molecule is CC1=CCC[C@@]2(C)[C@@H](CC[C@@]2(O)CN(Cc2ccc(OC(F)(F)F)cc2)C(=O)O[C@H]2C[C@@H](C)CC[C@@H]2C(C)C)c2ccc(cc2C(=O)c2ccccc2)C[C@@H](O)CC1. The molecule has 4 aliphatic rings. The number of alkyl halides is 3. The maximum atomic E-state index is 14.5. The number of carbonyl (C=O) groups is 2. The van der Waals surface area contributed by atoms with Gasteiger partial charge in [-0.1, -0.05) is 100 Å². The molecule has 0 radical (unpaired) electrons. The van der Waals surface area contributed by atoms with Gasteiger partial charge in [-0.25, -0.2) is 4.79 Å². The molecule has 7 nitrogen and oxygen atoms in total. The van der Waals surface area contributed by atoms with Gasteiger partial charge in [0, 0.05) is 23.1 Å². The van der Waals surface area contributed by atoms with Gasteiger partial charge in [0.2, 0.25) is 0 Å². The van der Waals surface area contributed by atoms with E-state index < -0.39 is 29.6 Å². The molecule has 0 aromatic heterocycles. The summed E-state index contributed by atoms with van der Waals surface area (Å²) in [5.74, 6) is 0.0910. The number of rotatable bonds is 9. The Morgan fingerprint density at radius 2 is 1.69 bits per heavy atom. The highest BCUT2D eigenvalue weighted by atomic mass is 19.4. The first kappa shape index (κ1) is 43.4. The van der Waals surface area contributed by atoms with Gasteiger partial charge < -0.3 is 24.6 Å². The molecule has 2 N–H and O–H groups in total. The topological polar surface area (TPSA) is 96.3 Å². The molecule has 0 unspecified atom stereocenters. The van der Waals surface area contributed by atoms with E-state index in [-0.39, 0.29) is 42.6 Å². The Balaban J connectivity index is 1.39. The molecule has 2 saturated carbocycles. The highest BCUT2D eigenvalue weighted by Crippen LogP contribution is 2.59. The molecule has 0 aliphatic heterocycles. The summed E-state index contributed by atoms with van der Waals surface area (Å²) in [5.41, 5.74) is 2.23. The van der Waals surface area contributed by atoms with E-state index in [1.54, 1.807) is 12.1 Å². The number of nitrogens with zero attached hydrogens (tertiary/aromatic N) is 1. The summed E-state index contributed by atoms with van der Waals surface area (Å²) in [5, 5.41) is 24.2.